The Morgan fingerprint density at radius 2 is 1.80 bits per heavy atom. The number of benzene rings is 1. The first kappa shape index (κ1) is 11.0. The van der Waals surface area contributed by atoms with Gasteiger partial charge in [-0.2, -0.15) is 0 Å². The van der Waals surface area contributed by atoms with Crippen molar-refractivity contribution >= 4 is 34.5 Å². The van der Waals surface area contributed by atoms with E-state index in [1.165, 1.54) is 0 Å². The first-order chi connectivity index (χ1) is 7.16. The topological polar surface area (TPSA) is 26.0 Å². The number of hydrogen-bond donors (Lipinski definition) is 1. The second-order valence-electron chi connectivity index (χ2n) is 3.20. The first-order valence-electron chi connectivity index (χ1n) is 4.42. The molecule has 0 spiro atoms. The third kappa shape index (κ3) is 2.52. The van der Waals surface area contributed by atoms with Gasteiger partial charge in [0.15, 0.2) is 0 Å². The Bertz CT molecular complexity index is 433. The third-order valence-corrected chi connectivity index (χ3v) is 3.49. The van der Waals surface area contributed by atoms with Crippen molar-refractivity contribution in [3.8, 4) is 0 Å². The first-order valence-corrected chi connectivity index (χ1v) is 6.05. The van der Waals surface area contributed by atoms with E-state index >= 15 is 0 Å². The van der Waals surface area contributed by atoms with Crippen LogP contribution in [0.4, 0.5) is 0 Å². The van der Waals surface area contributed by atoms with E-state index in [4.69, 9.17) is 28.9 Å². The van der Waals surface area contributed by atoms with E-state index in [1.807, 2.05) is 29.6 Å². The molecule has 1 aromatic heterocycles. The molecule has 78 valence electrons. The number of thiophene rings is 1. The largest absolute Gasteiger partial charge is 0.320 e. The number of hydrogen-bond acceptors (Lipinski definition) is 2. The summed E-state index contributed by atoms with van der Waals surface area (Å²) in [6.07, 6.45) is 0. The Kier molecular flexibility index (Phi) is 3.32. The molecular formula is C11H9Cl2NS. The zero-order valence-electron chi connectivity index (χ0n) is 7.78. The fourth-order valence-corrected chi connectivity index (χ4v) is 2.68. The smallest absolute Gasteiger partial charge is 0.0647 e. The van der Waals surface area contributed by atoms with Crippen molar-refractivity contribution < 1.29 is 0 Å². The molecule has 0 aliphatic heterocycles. The maximum atomic E-state index is 6.09. The molecule has 1 heterocycles. The molecule has 0 aliphatic carbocycles. The monoisotopic (exact) mass is 257 g/mol. The minimum Gasteiger partial charge on any atom is -0.320 e. The Hall–Kier alpha value is -0.540. The molecule has 0 amide bonds. The summed E-state index contributed by atoms with van der Waals surface area (Å²) in [4.78, 5) is 1.10. The molecule has 15 heavy (non-hydrogen) atoms. The van der Waals surface area contributed by atoms with Gasteiger partial charge in [-0.05, 0) is 35.2 Å². The van der Waals surface area contributed by atoms with E-state index in [0.29, 0.717) is 10.0 Å². The zero-order chi connectivity index (χ0) is 10.8. The van der Waals surface area contributed by atoms with Gasteiger partial charge in [-0.1, -0.05) is 29.3 Å². The lowest BCUT2D eigenvalue weighted by atomic mass is 10.1. The van der Waals surface area contributed by atoms with Crippen LogP contribution in [-0.4, -0.2) is 0 Å². The molecular weight excluding hydrogens is 249 g/mol. The van der Waals surface area contributed by atoms with E-state index in [0.717, 1.165) is 10.4 Å². The predicted octanol–water partition coefficient (Wildman–Crippen LogP) is 4.10. The van der Waals surface area contributed by atoms with E-state index in [1.54, 1.807) is 17.4 Å². The lowest BCUT2D eigenvalue weighted by Crippen LogP contribution is -2.09. The molecule has 2 aromatic rings. The quantitative estimate of drug-likeness (QED) is 0.862. The second kappa shape index (κ2) is 4.54. The molecule has 1 nitrogen and oxygen atoms in total. The van der Waals surface area contributed by atoms with Crippen molar-refractivity contribution in [3.05, 3.63) is 56.2 Å². The molecule has 1 aromatic carbocycles. The van der Waals surface area contributed by atoms with Crippen LogP contribution in [0.3, 0.4) is 0 Å². The normalized spacial score (nSPS) is 12.7. The van der Waals surface area contributed by atoms with Crippen LogP contribution in [0.25, 0.3) is 0 Å². The van der Waals surface area contributed by atoms with Crippen LogP contribution >= 0.6 is 34.5 Å². The van der Waals surface area contributed by atoms with Gasteiger partial charge < -0.3 is 5.73 Å². The van der Waals surface area contributed by atoms with Gasteiger partial charge in [0.2, 0.25) is 0 Å². The van der Waals surface area contributed by atoms with Crippen molar-refractivity contribution in [2.75, 3.05) is 0 Å². The summed E-state index contributed by atoms with van der Waals surface area (Å²) in [5.74, 6) is 0. The number of nitrogens with two attached hydrogens (primary N) is 1. The minimum atomic E-state index is -0.152. The fraction of sp³-hybridized carbons (Fsp3) is 0.0909. The van der Waals surface area contributed by atoms with Gasteiger partial charge in [-0.15, -0.1) is 11.3 Å². The highest BCUT2D eigenvalue weighted by atomic mass is 35.5. The molecule has 0 bridgehead atoms. The minimum absolute atomic E-state index is 0.152. The van der Waals surface area contributed by atoms with Crippen LogP contribution < -0.4 is 5.73 Å². The zero-order valence-corrected chi connectivity index (χ0v) is 10.1. The van der Waals surface area contributed by atoms with Gasteiger partial charge in [0, 0.05) is 14.9 Å². The molecule has 0 radical (unpaired) electrons. The van der Waals surface area contributed by atoms with Crippen LogP contribution in [0.2, 0.25) is 10.0 Å². The van der Waals surface area contributed by atoms with E-state index in [2.05, 4.69) is 0 Å². The van der Waals surface area contributed by atoms with E-state index < -0.39 is 0 Å². The molecule has 0 saturated heterocycles. The number of halogens is 2. The average molecular weight is 258 g/mol. The average Bonchev–Trinajstić information content (AvgIpc) is 2.67. The highest BCUT2D eigenvalue weighted by molar-refractivity contribution is 7.10. The van der Waals surface area contributed by atoms with Gasteiger partial charge >= 0.3 is 0 Å². The van der Waals surface area contributed by atoms with Crippen LogP contribution in [0.1, 0.15) is 16.5 Å². The summed E-state index contributed by atoms with van der Waals surface area (Å²) in [6.45, 7) is 0. The summed E-state index contributed by atoms with van der Waals surface area (Å²) >= 11 is 13.5. The van der Waals surface area contributed by atoms with Crippen molar-refractivity contribution in [3.63, 3.8) is 0 Å². The summed E-state index contributed by atoms with van der Waals surface area (Å²) in [5, 5.41) is 3.23. The van der Waals surface area contributed by atoms with Gasteiger partial charge in [0.1, 0.15) is 0 Å². The standard InChI is InChI=1S/C11H9Cl2NS/c12-8-4-7(5-9(13)6-8)11(14)10-2-1-3-15-10/h1-6,11H,14H2/t11-/m0/s1. The van der Waals surface area contributed by atoms with Crippen LogP contribution in [0.5, 0.6) is 0 Å². The molecule has 2 rings (SSSR count). The van der Waals surface area contributed by atoms with Crippen LogP contribution in [-0.2, 0) is 0 Å². The van der Waals surface area contributed by atoms with Gasteiger partial charge in [0.25, 0.3) is 0 Å². The third-order valence-electron chi connectivity index (χ3n) is 2.09. The Morgan fingerprint density at radius 1 is 1.13 bits per heavy atom. The van der Waals surface area contributed by atoms with Crippen molar-refractivity contribution in [1.29, 1.82) is 0 Å². The van der Waals surface area contributed by atoms with Crippen molar-refractivity contribution in [1.82, 2.24) is 0 Å². The summed E-state index contributed by atoms with van der Waals surface area (Å²) < 4.78 is 0. The highest BCUT2D eigenvalue weighted by Crippen LogP contribution is 2.28. The van der Waals surface area contributed by atoms with E-state index in [-0.39, 0.29) is 6.04 Å². The van der Waals surface area contributed by atoms with Crippen LogP contribution in [0.15, 0.2) is 35.7 Å². The lowest BCUT2D eigenvalue weighted by Gasteiger charge is -2.10. The SMILES string of the molecule is N[C@@H](c1cc(Cl)cc(Cl)c1)c1cccs1. The van der Waals surface area contributed by atoms with Crippen molar-refractivity contribution in [2.24, 2.45) is 5.73 Å². The molecule has 0 aliphatic rings. The summed E-state index contributed by atoms with van der Waals surface area (Å²) in [6, 6.07) is 9.22. The van der Waals surface area contributed by atoms with Gasteiger partial charge in [-0.25, -0.2) is 0 Å². The van der Waals surface area contributed by atoms with Crippen molar-refractivity contribution in [2.45, 2.75) is 6.04 Å². The lowest BCUT2D eigenvalue weighted by molar-refractivity contribution is 0.894. The van der Waals surface area contributed by atoms with Crippen LogP contribution in [0, 0.1) is 0 Å². The van der Waals surface area contributed by atoms with E-state index in [9.17, 15) is 0 Å². The molecule has 2 N–H and O–H groups in total. The van der Waals surface area contributed by atoms with Gasteiger partial charge in [0.05, 0.1) is 6.04 Å². The maximum absolute atomic E-state index is 6.09. The van der Waals surface area contributed by atoms with Gasteiger partial charge in [-0.3, -0.25) is 0 Å². The molecule has 0 unspecified atom stereocenters. The molecule has 1 atom stereocenters. The Labute approximate surface area is 102 Å². The number of rotatable bonds is 2. The Balaban J connectivity index is 2.37. The fourth-order valence-electron chi connectivity index (χ4n) is 1.39. The summed E-state index contributed by atoms with van der Waals surface area (Å²) in [5.41, 5.74) is 7.03. The molecule has 0 saturated carbocycles. The second-order valence-corrected chi connectivity index (χ2v) is 5.05. The maximum Gasteiger partial charge on any atom is 0.0647 e. The predicted molar refractivity (Wildman–Crippen MR) is 66.8 cm³/mol. The molecule has 0 fully saturated rings. The molecule has 4 heteroatoms. The highest BCUT2D eigenvalue weighted by Gasteiger charge is 2.10. The Morgan fingerprint density at radius 3 is 2.33 bits per heavy atom. The summed E-state index contributed by atoms with van der Waals surface area (Å²) in [7, 11) is 0.